The van der Waals surface area contributed by atoms with Gasteiger partial charge in [-0.3, -0.25) is 0 Å². The highest BCUT2D eigenvalue weighted by Gasteiger charge is 2.19. The van der Waals surface area contributed by atoms with Gasteiger partial charge in [-0.15, -0.1) is 5.10 Å². The highest BCUT2D eigenvalue weighted by Crippen LogP contribution is 2.27. The van der Waals surface area contributed by atoms with Gasteiger partial charge in [0.2, 0.25) is 0 Å². The Morgan fingerprint density at radius 3 is 2.85 bits per heavy atom. The van der Waals surface area contributed by atoms with Crippen molar-refractivity contribution in [2.24, 2.45) is 5.73 Å². The summed E-state index contributed by atoms with van der Waals surface area (Å²) in [5.74, 6) is 1.64. The number of nitrogens with two attached hydrogens (primary N) is 1. The fourth-order valence-corrected chi connectivity index (χ4v) is 3.41. The van der Waals surface area contributed by atoms with E-state index < -0.39 is 0 Å². The molecule has 1 fully saturated rings. The number of fused-ring (bicyclic) bond motifs is 1. The van der Waals surface area contributed by atoms with Crippen LogP contribution in [0, 0.1) is 0 Å². The summed E-state index contributed by atoms with van der Waals surface area (Å²) < 4.78 is 7.09. The zero-order valence-corrected chi connectivity index (χ0v) is 14.9. The lowest BCUT2D eigenvalue weighted by Gasteiger charge is -2.27. The van der Waals surface area contributed by atoms with Crippen LogP contribution in [0.5, 0.6) is 5.75 Å². The average Bonchev–Trinajstić information content (AvgIpc) is 3.13. The van der Waals surface area contributed by atoms with E-state index in [-0.39, 0.29) is 0 Å². The third-order valence-corrected chi connectivity index (χ3v) is 4.83. The molecule has 7 nitrogen and oxygen atoms in total. The number of imidazole rings is 1. The van der Waals surface area contributed by atoms with Crippen molar-refractivity contribution in [3.63, 3.8) is 0 Å². The summed E-state index contributed by atoms with van der Waals surface area (Å²) in [6.07, 6.45) is 7.86. The maximum atomic E-state index is 6.01. The molecule has 136 valence electrons. The van der Waals surface area contributed by atoms with E-state index in [0.29, 0.717) is 12.1 Å². The summed E-state index contributed by atoms with van der Waals surface area (Å²) in [5, 5.41) is 11.6. The molecule has 0 amide bonds. The van der Waals surface area contributed by atoms with Crippen LogP contribution in [0.4, 0.5) is 17.2 Å². The Kier molecular flexibility index (Phi) is 4.62. The van der Waals surface area contributed by atoms with Crippen LogP contribution in [0.25, 0.3) is 5.65 Å². The number of hydrogen-bond acceptors (Lipinski definition) is 6. The van der Waals surface area contributed by atoms with Crippen LogP contribution in [0.3, 0.4) is 0 Å². The number of hydrogen-bond donors (Lipinski definition) is 3. The molecule has 3 aromatic rings. The molecule has 0 bridgehead atoms. The molecule has 0 unspecified atom stereocenters. The lowest BCUT2D eigenvalue weighted by Crippen LogP contribution is -2.33. The van der Waals surface area contributed by atoms with Gasteiger partial charge in [0.1, 0.15) is 11.6 Å². The van der Waals surface area contributed by atoms with Gasteiger partial charge in [-0.1, -0.05) is 6.07 Å². The van der Waals surface area contributed by atoms with Crippen LogP contribution in [-0.2, 0) is 0 Å². The smallest absolute Gasteiger partial charge is 0.177 e. The van der Waals surface area contributed by atoms with Crippen molar-refractivity contribution in [3.8, 4) is 5.75 Å². The predicted octanol–water partition coefficient (Wildman–Crippen LogP) is 3.16. The highest BCUT2D eigenvalue weighted by atomic mass is 16.5. The minimum absolute atomic E-state index is 0.336. The van der Waals surface area contributed by atoms with Crippen LogP contribution in [0.15, 0.2) is 42.7 Å². The summed E-state index contributed by atoms with van der Waals surface area (Å²) in [6.45, 7) is 0. The van der Waals surface area contributed by atoms with Crippen molar-refractivity contribution in [2.75, 3.05) is 17.7 Å². The first-order valence-electron chi connectivity index (χ1n) is 8.99. The lowest BCUT2D eigenvalue weighted by atomic mass is 9.92. The van der Waals surface area contributed by atoms with Crippen LogP contribution in [0.1, 0.15) is 25.7 Å². The minimum atomic E-state index is 0.336. The van der Waals surface area contributed by atoms with E-state index in [0.717, 1.165) is 54.3 Å². The fraction of sp³-hybridized carbons (Fsp3) is 0.368. The van der Waals surface area contributed by atoms with Crippen molar-refractivity contribution in [1.29, 1.82) is 0 Å². The van der Waals surface area contributed by atoms with Gasteiger partial charge in [0, 0.05) is 42.3 Å². The van der Waals surface area contributed by atoms with Crippen molar-refractivity contribution >= 4 is 22.8 Å². The summed E-state index contributed by atoms with van der Waals surface area (Å²) in [6, 6.07) is 10.6. The number of ether oxygens (including phenoxy) is 1. The van der Waals surface area contributed by atoms with Gasteiger partial charge >= 0.3 is 0 Å². The number of nitrogens with zero attached hydrogens (tertiary/aromatic N) is 3. The normalized spacial score (nSPS) is 20.1. The number of benzene rings is 1. The second kappa shape index (κ2) is 7.21. The second-order valence-corrected chi connectivity index (χ2v) is 6.75. The minimum Gasteiger partial charge on any atom is -0.497 e. The highest BCUT2D eigenvalue weighted by molar-refractivity contribution is 5.76. The van der Waals surface area contributed by atoms with Crippen molar-refractivity contribution in [3.05, 3.63) is 42.7 Å². The molecule has 4 rings (SSSR count). The van der Waals surface area contributed by atoms with E-state index in [2.05, 4.69) is 20.7 Å². The monoisotopic (exact) mass is 352 g/mol. The molecule has 0 radical (unpaired) electrons. The molecule has 0 spiro atoms. The second-order valence-electron chi connectivity index (χ2n) is 6.75. The molecule has 2 heterocycles. The Morgan fingerprint density at radius 1 is 1.19 bits per heavy atom. The maximum Gasteiger partial charge on any atom is 0.177 e. The average molecular weight is 352 g/mol. The van der Waals surface area contributed by atoms with Gasteiger partial charge in [-0.05, 0) is 37.8 Å². The molecule has 1 aliphatic carbocycles. The van der Waals surface area contributed by atoms with E-state index in [1.165, 1.54) is 0 Å². The molecule has 7 heteroatoms. The Bertz CT molecular complexity index is 885. The van der Waals surface area contributed by atoms with Crippen LogP contribution in [-0.4, -0.2) is 33.8 Å². The van der Waals surface area contributed by atoms with Crippen molar-refractivity contribution in [1.82, 2.24) is 14.6 Å². The first kappa shape index (κ1) is 16.7. The molecule has 1 aromatic carbocycles. The fourth-order valence-electron chi connectivity index (χ4n) is 3.41. The standard InChI is InChI=1S/C19H24N6O/c1-26-16-4-2-3-15(11-16)22-17-12-18(24-25-10-9-21-19(17)25)23-14-7-5-13(20)6-8-14/h2-4,9-14,22H,5-8,20H2,1H3,(H,23,24). The van der Waals surface area contributed by atoms with Gasteiger partial charge in [0.05, 0.1) is 12.8 Å². The molecule has 26 heavy (non-hydrogen) atoms. The topological polar surface area (TPSA) is 89.5 Å². The van der Waals surface area contributed by atoms with Crippen LogP contribution in [0.2, 0.25) is 0 Å². The van der Waals surface area contributed by atoms with Crippen LogP contribution >= 0.6 is 0 Å². The lowest BCUT2D eigenvalue weighted by molar-refractivity contribution is 0.410. The van der Waals surface area contributed by atoms with Gasteiger partial charge < -0.3 is 21.1 Å². The van der Waals surface area contributed by atoms with E-state index in [9.17, 15) is 0 Å². The third-order valence-electron chi connectivity index (χ3n) is 4.83. The van der Waals surface area contributed by atoms with E-state index >= 15 is 0 Å². The van der Waals surface area contributed by atoms with Crippen molar-refractivity contribution < 1.29 is 4.74 Å². The van der Waals surface area contributed by atoms with Gasteiger partial charge in [0.15, 0.2) is 5.65 Å². The Labute approximate surface area is 152 Å². The molecule has 0 saturated heterocycles. The Balaban J connectivity index is 1.60. The first-order valence-corrected chi connectivity index (χ1v) is 8.99. The number of anilines is 3. The number of rotatable bonds is 5. The molecule has 0 aliphatic heterocycles. The summed E-state index contributed by atoms with van der Waals surface area (Å²) in [7, 11) is 1.66. The molecule has 1 saturated carbocycles. The summed E-state index contributed by atoms with van der Waals surface area (Å²) >= 11 is 0. The Hall–Kier alpha value is -2.80. The van der Waals surface area contributed by atoms with E-state index in [1.54, 1.807) is 17.8 Å². The van der Waals surface area contributed by atoms with E-state index in [4.69, 9.17) is 10.5 Å². The van der Waals surface area contributed by atoms with Crippen LogP contribution < -0.4 is 21.1 Å². The molecule has 0 atom stereocenters. The quantitative estimate of drug-likeness (QED) is 0.653. The predicted molar refractivity (Wildman–Crippen MR) is 103 cm³/mol. The van der Waals surface area contributed by atoms with Gasteiger partial charge in [-0.25, -0.2) is 9.50 Å². The molecule has 2 aromatic heterocycles. The number of aromatic nitrogens is 3. The number of methoxy groups -OCH3 is 1. The first-order chi connectivity index (χ1) is 12.7. The zero-order chi connectivity index (χ0) is 17.9. The van der Waals surface area contributed by atoms with Gasteiger partial charge in [0.25, 0.3) is 0 Å². The number of nitrogens with one attached hydrogen (secondary N) is 2. The maximum absolute atomic E-state index is 6.01. The molecular weight excluding hydrogens is 328 g/mol. The molecule has 4 N–H and O–H groups in total. The summed E-state index contributed by atoms with van der Waals surface area (Å²) in [4.78, 5) is 4.42. The zero-order valence-electron chi connectivity index (χ0n) is 14.9. The van der Waals surface area contributed by atoms with E-state index in [1.807, 2.05) is 36.5 Å². The summed E-state index contributed by atoms with van der Waals surface area (Å²) in [5.41, 5.74) is 8.63. The third kappa shape index (κ3) is 3.57. The van der Waals surface area contributed by atoms with Gasteiger partial charge in [-0.2, -0.15) is 0 Å². The largest absolute Gasteiger partial charge is 0.497 e. The molecular formula is C19H24N6O. The molecule has 1 aliphatic rings. The SMILES string of the molecule is COc1cccc(Nc2cc(NC3CCC(N)CC3)nn3ccnc23)c1. The Morgan fingerprint density at radius 2 is 2.04 bits per heavy atom. The van der Waals surface area contributed by atoms with Crippen molar-refractivity contribution in [2.45, 2.75) is 37.8 Å².